The molecule has 1 saturated heterocycles. The van der Waals surface area contributed by atoms with Crippen molar-refractivity contribution in [2.24, 2.45) is 0 Å². The van der Waals surface area contributed by atoms with Crippen LogP contribution >= 0.6 is 11.3 Å². The van der Waals surface area contributed by atoms with Crippen molar-refractivity contribution in [2.45, 2.75) is 19.0 Å². The van der Waals surface area contributed by atoms with Gasteiger partial charge in [0.25, 0.3) is 23.4 Å². The van der Waals surface area contributed by atoms with E-state index >= 15 is 0 Å². The highest BCUT2D eigenvalue weighted by molar-refractivity contribution is 7.10. The second kappa shape index (κ2) is 7.06. The van der Waals surface area contributed by atoms with Crippen LogP contribution < -0.4 is 4.90 Å². The lowest BCUT2D eigenvalue weighted by Crippen LogP contribution is -2.67. The summed E-state index contributed by atoms with van der Waals surface area (Å²) in [5.74, 6) is -2.45. The molecule has 1 fully saturated rings. The van der Waals surface area contributed by atoms with E-state index in [1.165, 1.54) is 28.4 Å². The Kier molecular flexibility index (Phi) is 4.41. The van der Waals surface area contributed by atoms with E-state index in [2.05, 4.69) is 0 Å². The Morgan fingerprint density at radius 2 is 1.72 bits per heavy atom. The summed E-state index contributed by atoms with van der Waals surface area (Å²) in [6.07, 6.45) is 0. The first-order valence-electron chi connectivity index (χ1n) is 9.58. The van der Waals surface area contributed by atoms with Gasteiger partial charge in [-0.2, -0.15) is 0 Å². The van der Waals surface area contributed by atoms with Crippen LogP contribution in [0.5, 0.6) is 0 Å². The quantitative estimate of drug-likeness (QED) is 0.260. The van der Waals surface area contributed by atoms with Gasteiger partial charge in [0.15, 0.2) is 0 Å². The molecule has 2 aromatic carbocycles. The number of anilines is 1. The summed E-state index contributed by atoms with van der Waals surface area (Å²) < 4.78 is 14.2. The lowest BCUT2D eigenvalue weighted by atomic mass is 9.90. The van der Waals surface area contributed by atoms with Crippen molar-refractivity contribution < 1.29 is 23.7 Å². The number of fused-ring (bicyclic) bond motifs is 1. The van der Waals surface area contributed by atoms with E-state index in [1.807, 2.05) is 0 Å². The minimum absolute atomic E-state index is 0.0122. The molecule has 3 amide bonds. The van der Waals surface area contributed by atoms with Crippen LogP contribution in [0.2, 0.25) is 0 Å². The smallest absolute Gasteiger partial charge is 0.270 e. The van der Waals surface area contributed by atoms with E-state index in [0.29, 0.717) is 11.3 Å². The molecule has 10 heteroatoms. The van der Waals surface area contributed by atoms with Crippen LogP contribution in [0.25, 0.3) is 0 Å². The van der Waals surface area contributed by atoms with Gasteiger partial charge >= 0.3 is 0 Å². The summed E-state index contributed by atoms with van der Waals surface area (Å²) in [4.78, 5) is 52.7. The fourth-order valence-electron chi connectivity index (χ4n) is 4.10. The number of carbonyl (C=O) groups excluding carboxylic acids is 3. The van der Waals surface area contributed by atoms with Gasteiger partial charge in [-0.05, 0) is 42.1 Å². The number of nitro benzene ring substituents is 1. The highest BCUT2D eigenvalue weighted by atomic mass is 32.1. The molecule has 5 rings (SSSR count). The molecule has 0 aliphatic carbocycles. The van der Waals surface area contributed by atoms with Crippen molar-refractivity contribution in [3.05, 3.63) is 91.4 Å². The molecule has 0 radical (unpaired) electrons. The molecule has 3 aromatic rings. The van der Waals surface area contributed by atoms with Crippen LogP contribution in [0, 0.1) is 22.9 Å². The Hall–Kier alpha value is -3.92. The van der Waals surface area contributed by atoms with Crippen molar-refractivity contribution in [3.63, 3.8) is 0 Å². The molecule has 0 spiro atoms. The number of nitrogens with zero attached hydrogens (tertiary/aromatic N) is 3. The zero-order valence-electron chi connectivity index (χ0n) is 16.5. The largest absolute Gasteiger partial charge is 0.299 e. The van der Waals surface area contributed by atoms with Crippen molar-refractivity contribution in [2.75, 3.05) is 4.90 Å². The molecule has 3 heterocycles. The third-order valence-corrected chi connectivity index (χ3v) is 6.67. The molecule has 0 unspecified atom stereocenters. The van der Waals surface area contributed by atoms with Crippen molar-refractivity contribution in [1.82, 2.24) is 4.90 Å². The lowest BCUT2D eigenvalue weighted by Gasteiger charge is -2.49. The van der Waals surface area contributed by atoms with Crippen LogP contribution in [0.15, 0.2) is 53.9 Å². The number of amides is 3. The number of rotatable bonds is 4. The van der Waals surface area contributed by atoms with Crippen molar-refractivity contribution >= 4 is 40.4 Å². The van der Waals surface area contributed by atoms with Gasteiger partial charge in [-0.1, -0.05) is 12.1 Å². The van der Waals surface area contributed by atoms with Gasteiger partial charge in [-0.15, -0.1) is 11.3 Å². The first-order chi connectivity index (χ1) is 15.3. The number of carbonyl (C=O) groups is 3. The van der Waals surface area contributed by atoms with Crippen LogP contribution in [-0.2, 0) is 4.79 Å². The van der Waals surface area contributed by atoms with E-state index in [1.54, 1.807) is 36.6 Å². The third-order valence-electron chi connectivity index (χ3n) is 5.73. The molecule has 8 nitrogen and oxygen atoms in total. The Balaban J connectivity index is 1.56. The van der Waals surface area contributed by atoms with Crippen LogP contribution in [0.1, 0.15) is 37.2 Å². The summed E-state index contributed by atoms with van der Waals surface area (Å²) in [5, 5.41) is 12.9. The summed E-state index contributed by atoms with van der Waals surface area (Å²) in [5.41, 5.74) is 0.325. The molecular formula is C22H14FN3O5S. The summed E-state index contributed by atoms with van der Waals surface area (Å²) in [7, 11) is 0. The Bertz CT molecular complexity index is 1320. The number of benzene rings is 2. The fourth-order valence-corrected chi connectivity index (χ4v) is 4.95. The number of thiophene rings is 1. The van der Waals surface area contributed by atoms with Crippen molar-refractivity contribution in [3.8, 4) is 0 Å². The van der Waals surface area contributed by atoms with E-state index in [9.17, 15) is 28.9 Å². The van der Waals surface area contributed by atoms with E-state index in [-0.39, 0.29) is 16.8 Å². The molecule has 160 valence electrons. The molecule has 2 aliphatic rings. The van der Waals surface area contributed by atoms with Crippen LogP contribution in [-0.4, -0.2) is 33.6 Å². The highest BCUT2D eigenvalue weighted by Crippen LogP contribution is 2.45. The number of hydrogen-bond acceptors (Lipinski definition) is 6. The number of imide groups is 1. The number of hydrogen-bond donors (Lipinski definition) is 0. The number of halogens is 1. The fraction of sp³-hybridized carbons (Fsp3) is 0.136. The van der Waals surface area contributed by atoms with Crippen LogP contribution in [0.4, 0.5) is 15.8 Å². The van der Waals surface area contributed by atoms with Gasteiger partial charge < -0.3 is 0 Å². The van der Waals surface area contributed by atoms with Gasteiger partial charge in [0, 0.05) is 22.7 Å². The second-order valence-corrected chi connectivity index (χ2v) is 8.49. The predicted molar refractivity (Wildman–Crippen MR) is 113 cm³/mol. The second-order valence-electron chi connectivity index (χ2n) is 7.51. The monoisotopic (exact) mass is 451 g/mol. The highest BCUT2D eigenvalue weighted by Gasteiger charge is 2.57. The predicted octanol–water partition coefficient (Wildman–Crippen LogP) is 3.86. The topological polar surface area (TPSA) is 101 Å². The SMILES string of the molecule is Cc1ccc(N2C(=O)[C@H](N3C(=O)c4ccc([N+](=O)[O-])cc4C3=O)[C@H]2c2cccs2)cc1F. The number of non-ortho nitro benzene ring substituents is 1. The third kappa shape index (κ3) is 2.76. The first-order valence-corrected chi connectivity index (χ1v) is 10.5. The van der Waals surface area contributed by atoms with Crippen LogP contribution in [0.3, 0.4) is 0 Å². The van der Waals surface area contributed by atoms with Crippen molar-refractivity contribution in [1.29, 1.82) is 0 Å². The number of β-lactam (4-membered cyclic amide) rings is 1. The summed E-state index contributed by atoms with van der Waals surface area (Å²) >= 11 is 1.34. The van der Waals surface area contributed by atoms with Gasteiger partial charge in [0.05, 0.1) is 16.1 Å². The standard InChI is InChI=1S/C22H14FN3O5S/c1-11-4-5-12(10-16(11)23)24-18(17-3-2-8-32-17)19(22(24)29)25-20(27)14-7-6-13(26(30)31)9-15(14)21(25)28/h2-10,18-19H,1H3/t18-,19-/m1/s1. The molecule has 2 aliphatic heterocycles. The van der Waals surface area contributed by atoms with Gasteiger partial charge in [-0.25, -0.2) is 4.39 Å². The molecular weight excluding hydrogens is 437 g/mol. The molecule has 0 bridgehead atoms. The molecule has 1 aromatic heterocycles. The minimum Gasteiger partial charge on any atom is -0.299 e. The zero-order valence-corrected chi connectivity index (χ0v) is 17.3. The van der Waals surface area contributed by atoms with Gasteiger partial charge in [0.1, 0.15) is 17.9 Å². The maximum atomic E-state index is 14.2. The van der Waals surface area contributed by atoms with E-state index in [4.69, 9.17) is 0 Å². The minimum atomic E-state index is -1.13. The Morgan fingerprint density at radius 1 is 0.969 bits per heavy atom. The molecule has 0 saturated carbocycles. The van der Waals surface area contributed by atoms with E-state index in [0.717, 1.165) is 21.9 Å². The maximum absolute atomic E-state index is 14.2. The number of nitro groups is 1. The average Bonchev–Trinajstić information content (AvgIpc) is 3.37. The van der Waals surface area contributed by atoms with E-state index < -0.39 is 40.5 Å². The Labute approximate surface area is 184 Å². The average molecular weight is 451 g/mol. The maximum Gasteiger partial charge on any atom is 0.270 e. The molecule has 2 atom stereocenters. The molecule has 32 heavy (non-hydrogen) atoms. The number of aryl methyl sites for hydroxylation is 1. The zero-order chi connectivity index (χ0) is 22.7. The first kappa shape index (κ1) is 20.0. The Morgan fingerprint density at radius 3 is 2.38 bits per heavy atom. The summed E-state index contributed by atoms with van der Waals surface area (Å²) in [6.45, 7) is 1.61. The normalized spacial score (nSPS) is 19.9. The lowest BCUT2D eigenvalue weighted by molar-refractivity contribution is -0.384. The van der Waals surface area contributed by atoms with Gasteiger partial charge in [0.2, 0.25) is 0 Å². The van der Waals surface area contributed by atoms with Gasteiger partial charge in [-0.3, -0.25) is 34.3 Å². The summed E-state index contributed by atoms with van der Waals surface area (Å²) in [6, 6.07) is 9.55. The molecule has 0 N–H and O–H groups in total.